The van der Waals surface area contributed by atoms with Crippen LogP contribution >= 0.6 is 0 Å². The summed E-state index contributed by atoms with van der Waals surface area (Å²) < 4.78 is 21.1. The zero-order chi connectivity index (χ0) is 35.6. The molecule has 1 unspecified atom stereocenters. The Balaban J connectivity index is 1.49. The maximum atomic E-state index is 14.1. The van der Waals surface area contributed by atoms with Gasteiger partial charge in [0.25, 0.3) is 0 Å². The number of likely N-dealkylation sites (tertiary alicyclic amines) is 1. The normalized spacial score (nSPS) is 18.3. The first-order chi connectivity index (χ1) is 23.2. The highest BCUT2D eigenvalue weighted by Gasteiger charge is 2.39. The van der Waals surface area contributed by atoms with Crippen LogP contribution in [0, 0.1) is 18.7 Å². The number of anilines is 1. The predicted octanol–water partition coefficient (Wildman–Crippen LogP) is 6.87. The molecule has 1 saturated heterocycles. The monoisotopic (exact) mass is 669 g/mol. The lowest BCUT2D eigenvalue weighted by Crippen LogP contribution is -2.54. The topological polar surface area (TPSA) is 119 Å². The maximum Gasteiger partial charge on any atom is 0.407 e. The molecule has 0 spiro atoms. The van der Waals surface area contributed by atoms with Crippen molar-refractivity contribution >= 4 is 29.2 Å². The minimum atomic E-state index is -0.805. The molecule has 5 rings (SSSR count). The van der Waals surface area contributed by atoms with Gasteiger partial charge in [0.2, 0.25) is 11.8 Å². The summed E-state index contributed by atoms with van der Waals surface area (Å²) in [7, 11) is 1.25. The largest absolute Gasteiger partial charge is 0.453 e. The molecule has 3 aromatic rings. The molecule has 1 aliphatic heterocycles. The van der Waals surface area contributed by atoms with Crippen molar-refractivity contribution < 1.29 is 23.5 Å². The minimum absolute atomic E-state index is 0.0398. The fourth-order valence-corrected chi connectivity index (χ4v) is 7.00. The van der Waals surface area contributed by atoms with E-state index in [0.717, 1.165) is 40.2 Å². The standard InChI is InChI=1S/C39H48FN5O4/c1-23(2)33(43-38(48)49-7)37(47)44-22-8-9-31(44)36(46)42-29-18-12-25(13-19-29)34-24(3)32(39(4,5)6)35(26-10-16-28(41)17-11-26)45(34)30-20-14-27(40)15-21-30/h10-16,18-21,23,28,31,33H,8-9,17,22,41H2,1-7H3,(H,42,46)(H,43,48)/t28?,31-,33-/m0/s1. The molecule has 1 fully saturated rings. The summed E-state index contributed by atoms with van der Waals surface area (Å²) in [5.41, 5.74) is 13.7. The molecule has 3 atom stereocenters. The van der Waals surface area contributed by atoms with E-state index in [2.05, 4.69) is 55.0 Å². The number of amides is 3. The zero-order valence-corrected chi connectivity index (χ0v) is 29.5. The van der Waals surface area contributed by atoms with Gasteiger partial charge in [-0.3, -0.25) is 9.59 Å². The highest BCUT2D eigenvalue weighted by Crippen LogP contribution is 2.44. The van der Waals surface area contributed by atoms with Crippen molar-refractivity contribution in [2.45, 2.75) is 84.3 Å². The van der Waals surface area contributed by atoms with Gasteiger partial charge >= 0.3 is 6.09 Å². The first-order valence-corrected chi connectivity index (χ1v) is 16.9. The summed E-state index contributed by atoms with van der Waals surface area (Å²) in [6.45, 7) is 12.8. The molecular formula is C39H48FN5O4. The first kappa shape index (κ1) is 35.6. The van der Waals surface area contributed by atoms with Crippen LogP contribution in [0.5, 0.6) is 0 Å². The molecule has 260 valence electrons. The number of rotatable bonds is 8. The van der Waals surface area contributed by atoms with E-state index in [0.29, 0.717) is 25.1 Å². The summed E-state index contributed by atoms with van der Waals surface area (Å²) in [4.78, 5) is 40.5. The van der Waals surface area contributed by atoms with Crippen molar-refractivity contribution in [2.24, 2.45) is 11.7 Å². The Kier molecular flexibility index (Phi) is 10.5. The predicted molar refractivity (Wildman–Crippen MR) is 192 cm³/mol. The second-order valence-corrected chi connectivity index (χ2v) is 14.3. The van der Waals surface area contributed by atoms with E-state index < -0.39 is 18.2 Å². The van der Waals surface area contributed by atoms with Gasteiger partial charge in [-0.1, -0.05) is 65.0 Å². The summed E-state index contributed by atoms with van der Waals surface area (Å²) in [5, 5.41) is 5.63. The molecule has 49 heavy (non-hydrogen) atoms. The van der Waals surface area contributed by atoms with E-state index in [-0.39, 0.29) is 35.0 Å². The lowest BCUT2D eigenvalue weighted by molar-refractivity contribution is -0.139. The van der Waals surface area contributed by atoms with E-state index in [4.69, 9.17) is 10.5 Å². The van der Waals surface area contributed by atoms with Gasteiger partial charge in [-0.15, -0.1) is 0 Å². The van der Waals surface area contributed by atoms with Crippen molar-refractivity contribution in [1.82, 2.24) is 14.8 Å². The highest BCUT2D eigenvalue weighted by molar-refractivity contribution is 5.99. The van der Waals surface area contributed by atoms with Gasteiger partial charge in [0, 0.05) is 24.0 Å². The Morgan fingerprint density at radius 2 is 1.69 bits per heavy atom. The van der Waals surface area contributed by atoms with Crippen LogP contribution in [-0.2, 0) is 19.7 Å². The van der Waals surface area contributed by atoms with E-state index in [1.165, 1.54) is 24.8 Å². The lowest BCUT2D eigenvalue weighted by Gasteiger charge is -2.30. The number of aromatic nitrogens is 1. The number of allylic oxidation sites excluding steroid dienone is 2. The molecular weight excluding hydrogens is 621 g/mol. The number of hydrogen-bond acceptors (Lipinski definition) is 5. The number of halogens is 1. The lowest BCUT2D eigenvalue weighted by atomic mass is 9.81. The van der Waals surface area contributed by atoms with Crippen LogP contribution < -0.4 is 16.4 Å². The first-order valence-electron chi connectivity index (χ1n) is 16.9. The van der Waals surface area contributed by atoms with Crippen molar-refractivity contribution in [1.29, 1.82) is 0 Å². The molecule has 9 nitrogen and oxygen atoms in total. The van der Waals surface area contributed by atoms with Gasteiger partial charge in [0.05, 0.1) is 18.5 Å². The quantitative estimate of drug-likeness (QED) is 0.242. The van der Waals surface area contributed by atoms with Crippen LogP contribution in [0.3, 0.4) is 0 Å². The smallest absolute Gasteiger partial charge is 0.407 e. The zero-order valence-electron chi connectivity index (χ0n) is 29.5. The third-order valence-corrected chi connectivity index (χ3v) is 9.31. The van der Waals surface area contributed by atoms with Crippen molar-refractivity contribution in [2.75, 3.05) is 19.0 Å². The fourth-order valence-electron chi connectivity index (χ4n) is 7.00. The third-order valence-electron chi connectivity index (χ3n) is 9.31. The Morgan fingerprint density at radius 3 is 2.27 bits per heavy atom. The number of hydrogen-bond donors (Lipinski definition) is 3. The van der Waals surface area contributed by atoms with E-state index in [9.17, 15) is 18.8 Å². The van der Waals surface area contributed by atoms with Crippen LogP contribution in [0.1, 0.15) is 70.7 Å². The number of carbonyl (C=O) groups excluding carboxylic acids is 3. The van der Waals surface area contributed by atoms with Crippen molar-refractivity contribution in [3.8, 4) is 16.9 Å². The molecule has 2 aliphatic rings. The Labute approximate surface area is 288 Å². The maximum absolute atomic E-state index is 14.1. The molecule has 10 heteroatoms. The number of methoxy groups -OCH3 is 1. The Hall–Kier alpha value is -4.70. The Morgan fingerprint density at radius 1 is 1.02 bits per heavy atom. The summed E-state index contributed by atoms with van der Waals surface area (Å²) in [5.74, 6) is -1.09. The van der Waals surface area contributed by atoms with Gasteiger partial charge in [0.1, 0.15) is 17.9 Å². The number of ether oxygens (including phenoxy) is 1. The summed E-state index contributed by atoms with van der Waals surface area (Å²) in [6.07, 6.45) is 7.50. The van der Waals surface area contributed by atoms with Crippen molar-refractivity contribution in [3.63, 3.8) is 0 Å². The van der Waals surface area contributed by atoms with Crippen LogP contribution in [0.25, 0.3) is 22.5 Å². The average molecular weight is 670 g/mol. The molecule has 3 amide bonds. The number of nitrogens with two attached hydrogens (primary N) is 1. The number of nitrogens with one attached hydrogen (secondary N) is 2. The molecule has 0 saturated carbocycles. The van der Waals surface area contributed by atoms with Gasteiger partial charge in [-0.25, -0.2) is 9.18 Å². The third kappa shape index (κ3) is 7.49. The fraction of sp³-hybridized carbons (Fsp3) is 0.410. The van der Waals surface area contributed by atoms with Gasteiger partial charge in [0.15, 0.2) is 0 Å². The molecule has 4 N–H and O–H groups in total. The van der Waals surface area contributed by atoms with E-state index in [1.807, 2.05) is 44.2 Å². The van der Waals surface area contributed by atoms with E-state index >= 15 is 0 Å². The van der Waals surface area contributed by atoms with Crippen LogP contribution in [0.4, 0.5) is 14.9 Å². The molecule has 2 aromatic carbocycles. The second kappa shape index (κ2) is 14.4. The van der Waals surface area contributed by atoms with Gasteiger partial charge in [-0.2, -0.15) is 0 Å². The second-order valence-electron chi connectivity index (χ2n) is 14.3. The van der Waals surface area contributed by atoms with Gasteiger partial charge < -0.3 is 30.6 Å². The van der Waals surface area contributed by atoms with Crippen LogP contribution in [-0.4, -0.2) is 59.2 Å². The molecule has 1 aromatic heterocycles. The number of nitrogens with zero attached hydrogens (tertiary/aromatic N) is 2. The average Bonchev–Trinajstić information content (AvgIpc) is 3.67. The van der Waals surface area contributed by atoms with E-state index in [1.54, 1.807) is 17.0 Å². The molecule has 0 bridgehead atoms. The van der Waals surface area contributed by atoms with Crippen LogP contribution in [0.2, 0.25) is 0 Å². The highest BCUT2D eigenvalue weighted by atomic mass is 19.1. The van der Waals surface area contributed by atoms with Crippen LogP contribution in [0.15, 0.2) is 66.8 Å². The summed E-state index contributed by atoms with van der Waals surface area (Å²) >= 11 is 0. The number of carbonyl (C=O) groups is 3. The molecule has 1 aliphatic carbocycles. The van der Waals surface area contributed by atoms with Crippen molar-refractivity contribution in [3.05, 3.63) is 89.4 Å². The minimum Gasteiger partial charge on any atom is -0.453 e. The SMILES string of the molecule is COC(=O)N[C@H](C(=O)N1CCC[C@H]1C(=O)Nc1ccc(-c2c(C)c(C(C)(C)C)c(C3=CCC(N)C=C3)n2-c2ccc(F)cc2)cc1)C(C)C. The van der Waals surface area contributed by atoms with Gasteiger partial charge in [-0.05, 0) is 96.2 Å². The molecule has 2 heterocycles. The summed E-state index contributed by atoms with van der Waals surface area (Å²) in [6, 6.07) is 12.7. The number of alkyl carbamates (subject to hydrolysis) is 1. The Bertz CT molecular complexity index is 1770. The molecule has 0 radical (unpaired) electrons. The number of benzene rings is 2.